The number of aromatic nitrogens is 1. The number of carbonyl (C=O) groups is 2. The van der Waals surface area contributed by atoms with Crippen molar-refractivity contribution in [2.24, 2.45) is 5.92 Å². The largest absolute Gasteiger partial charge is 0.361 e. The molecule has 1 saturated heterocycles. The first kappa shape index (κ1) is 22.9. The lowest BCUT2D eigenvalue weighted by atomic mass is 9.89. The summed E-state index contributed by atoms with van der Waals surface area (Å²) in [5.41, 5.74) is 2.12. The standard InChI is InChI=1S/C25H33N3O3/c1-5-20(6-2)23(29)28-15-16-31-25(18-28,24(30)27(3)4)17-19-7-9-21(10-8-19)22-11-13-26-14-12-22/h7-14,20H,5-6,15-18H2,1-4H3/t25-/m0/s1. The van der Waals surface area contributed by atoms with Crippen LogP contribution >= 0.6 is 0 Å². The quantitative estimate of drug-likeness (QED) is 0.685. The van der Waals surface area contributed by atoms with E-state index in [0.717, 1.165) is 29.5 Å². The predicted octanol–water partition coefficient (Wildman–Crippen LogP) is 3.41. The van der Waals surface area contributed by atoms with Gasteiger partial charge < -0.3 is 14.5 Å². The topological polar surface area (TPSA) is 62.7 Å². The summed E-state index contributed by atoms with van der Waals surface area (Å²) in [6, 6.07) is 12.1. The summed E-state index contributed by atoms with van der Waals surface area (Å²) in [5, 5.41) is 0. The van der Waals surface area contributed by atoms with Gasteiger partial charge in [-0.05, 0) is 41.7 Å². The van der Waals surface area contributed by atoms with Gasteiger partial charge in [0.1, 0.15) is 0 Å². The number of pyridine rings is 1. The van der Waals surface area contributed by atoms with Crippen molar-refractivity contribution in [1.82, 2.24) is 14.8 Å². The molecule has 1 atom stereocenters. The van der Waals surface area contributed by atoms with Crippen molar-refractivity contribution in [2.45, 2.75) is 38.7 Å². The predicted molar refractivity (Wildman–Crippen MR) is 121 cm³/mol. The van der Waals surface area contributed by atoms with Crippen molar-refractivity contribution in [1.29, 1.82) is 0 Å². The molecule has 0 bridgehead atoms. The molecule has 6 nitrogen and oxygen atoms in total. The molecule has 1 aromatic heterocycles. The van der Waals surface area contributed by atoms with Gasteiger partial charge in [0.25, 0.3) is 5.91 Å². The highest BCUT2D eigenvalue weighted by Crippen LogP contribution is 2.28. The van der Waals surface area contributed by atoms with Crippen molar-refractivity contribution in [3.63, 3.8) is 0 Å². The summed E-state index contributed by atoms with van der Waals surface area (Å²) in [7, 11) is 3.48. The van der Waals surface area contributed by atoms with Gasteiger partial charge >= 0.3 is 0 Å². The average molecular weight is 424 g/mol. The molecule has 1 aromatic carbocycles. The molecule has 6 heteroatoms. The van der Waals surface area contributed by atoms with Crippen LogP contribution in [0.3, 0.4) is 0 Å². The van der Waals surface area contributed by atoms with E-state index in [4.69, 9.17) is 4.74 Å². The summed E-state index contributed by atoms with van der Waals surface area (Å²) >= 11 is 0. The second-order valence-corrected chi connectivity index (χ2v) is 8.43. The molecule has 31 heavy (non-hydrogen) atoms. The van der Waals surface area contributed by atoms with Gasteiger partial charge in [-0.1, -0.05) is 38.1 Å². The Kier molecular flexibility index (Phi) is 7.44. The average Bonchev–Trinajstić information content (AvgIpc) is 2.80. The lowest BCUT2D eigenvalue weighted by Gasteiger charge is -2.43. The Hall–Kier alpha value is -2.73. The third-order valence-electron chi connectivity index (χ3n) is 6.09. The zero-order valence-electron chi connectivity index (χ0n) is 19.0. The van der Waals surface area contributed by atoms with Gasteiger partial charge in [0, 0.05) is 45.4 Å². The zero-order chi connectivity index (χ0) is 22.4. The second-order valence-electron chi connectivity index (χ2n) is 8.43. The minimum Gasteiger partial charge on any atom is -0.361 e. The molecule has 1 fully saturated rings. The monoisotopic (exact) mass is 423 g/mol. The van der Waals surface area contributed by atoms with Crippen LogP contribution in [0.25, 0.3) is 11.1 Å². The maximum atomic E-state index is 13.2. The van der Waals surface area contributed by atoms with Crippen LogP contribution < -0.4 is 0 Å². The van der Waals surface area contributed by atoms with E-state index in [2.05, 4.69) is 17.1 Å². The number of hydrogen-bond acceptors (Lipinski definition) is 4. The molecular formula is C25H33N3O3. The van der Waals surface area contributed by atoms with Crippen LogP contribution in [0.1, 0.15) is 32.3 Å². The summed E-state index contributed by atoms with van der Waals surface area (Å²) in [6.45, 7) is 5.25. The van der Waals surface area contributed by atoms with Crippen molar-refractivity contribution >= 4 is 11.8 Å². The number of carbonyl (C=O) groups excluding carboxylic acids is 2. The number of benzene rings is 1. The van der Waals surface area contributed by atoms with Crippen LogP contribution in [0.5, 0.6) is 0 Å². The van der Waals surface area contributed by atoms with Crippen LogP contribution in [-0.2, 0) is 20.7 Å². The van der Waals surface area contributed by atoms with Crippen molar-refractivity contribution < 1.29 is 14.3 Å². The third kappa shape index (κ3) is 5.13. The maximum Gasteiger partial charge on any atom is 0.256 e. The Morgan fingerprint density at radius 3 is 2.26 bits per heavy atom. The number of ether oxygens (including phenoxy) is 1. The molecule has 0 radical (unpaired) electrons. The fourth-order valence-electron chi connectivity index (χ4n) is 4.28. The number of likely N-dealkylation sites (N-methyl/N-ethyl adjacent to an activating group) is 1. The number of rotatable bonds is 7. The van der Waals surface area contributed by atoms with Gasteiger partial charge in [0.15, 0.2) is 5.60 Å². The van der Waals surface area contributed by atoms with Crippen LogP contribution in [-0.4, -0.2) is 66.0 Å². The molecule has 0 aliphatic carbocycles. The zero-order valence-corrected chi connectivity index (χ0v) is 19.0. The SMILES string of the molecule is CCC(CC)C(=O)N1CCO[C@](Cc2ccc(-c3ccncc3)cc2)(C(=O)N(C)C)C1. The summed E-state index contributed by atoms with van der Waals surface area (Å²) < 4.78 is 6.14. The van der Waals surface area contributed by atoms with E-state index >= 15 is 0 Å². The normalized spacial score (nSPS) is 18.8. The van der Waals surface area contributed by atoms with Crippen LogP contribution in [0.15, 0.2) is 48.8 Å². The molecule has 3 rings (SSSR count). The van der Waals surface area contributed by atoms with Crippen LogP contribution in [0.2, 0.25) is 0 Å². The van der Waals surface area contributed by atoms with E-state index in [1.807, 2.05) is 43.0 Å². The van der Waals surface area contributed by atoms with Crippen molar-refractivity contribution in [3.8, 4) is 11.1 Å². The van der Waals surface area contributed by atoms with E-state index in [1.165, 1.54) is 0 Å². The fourth-order valence-corrected chi connectivity index (χ4v) is 4.28. The first-order valence-corrected chi connectivity index (χ1v) is 11.0. The summed E-state index contributed by atoms with van der Waals surface area (Å²) in [5.74, 6) is 0.00919. The molecule has 1 aliphatic heterocycles. The first-order valence-electron chi connectivity index (χ1n) is 11.0. The highest BCUT2D eigenvalue weighted by atomic mass is 16.5. The molecule has 2 heterocycles. The highest BCUT2D eigenvalue weighted by molar-refractivity contribution is 5.87. The molecule has 0 N–H and O–H groups in total. The van der Waals surface area contributed by atoms with Gasteiger partial charge in [-0.2, -0.15) is 0 Å². The Morgan fingerprint density at radius 2 is 1.68 bits per heavy atom. The van der Waals surface area contributed by atoms with Gasteiger partial charge in [-0.25, -0.2) is 0 Å². The Bertz CT molecular complexity index is 879. The van der Waals surface area contributed by atoms with Gasteiger partial charge in [0.2, 0.25) is 5.91 Å². The van der Waals surface area contributed by atoms with Gasteiger partial charge in [0.05, 0.1) is 13.2 Å². The first-order chi connectivity index (χ1) is 14.9. The second kappa shape index (κ2) is 10.1. The molecule has 0 saturated carbocycles. The summed E-state index contributed by atoms with van der Waals surface area (Å²) in [6.07, 6.45) is 5.58. The molecule has 2 aromatic rings. The van der Waals surface area contributed by atoms with E-state index < -0.39 is 5.60 Å². The third-order valence-corrected chi connectivity index (χ3v) is 6.09. The number of nitrogens with zero attached hydrogens (tertiary/aromatic N) is 3. The van der Waals surface area contributed by atoms with E-state index in [0.29, 0.717) is 19.6 Å². The summed E-state index contributed by atoms with van der Waals surface area (Å²) in [4.78, 5) is 33.7. The number of hydrogen-bond donors (Lipinski definition) is 0. The lowest BCUT2D eigenvalue weighted by Crippen LogP contribution is -2.62. The fraction of sp³-hybridized carbons (Fsp3) is 0.480. The van der Waals surface area contributed by atoms with Crippen molar-refractivity contribution in [2.75, 3.05) is 33.8 Å². The number of amides is 2. The van der Waals surface area contributed by atoms with Crippen LogP contribution in [0.4, 0.5) is 0 Å². The smallest absolute Gasteiger partial charge is 0.256 e. The Labute approximate surface area is 185 Å². The van der Waals surface area contributed by atoms with Crippen LogP contribution in [0, 0.1) is 5.92 Å². The lowest BCUT2D eigenvalue weighted by molar-refractivity contribution is -0.174. The highest BCUT2D eigenvalue weighted by Gasteiger charge is 2.46. The Morgan fingerprint density at radius 1 is 1.06 bits per heavy atom. The molecule has 0 spiro atoms. The minimum absolute atomic E-state index is 0.00935. The molecule has 0 unspecified atom stereocenters. The van der Waals surface area contributed by atoms with Gasteiger partial charge in [-0.15, -0.1) is 0 Å². The molecular weight excluding hydrogens is 390 g/mol. The molecule has 166 valence electrons. The van der Waals surface area contributed by atoms with Gasteiger partial charge in [-0.3, -0.25) is 14.6 Å². The van der Waals surface area contributed by atoms with Crippen molar-refractivity contribution in [3.05, 3.63) is 54.4 Å². The maximum absolute atomic E-state index is 13.2. The molecule has 1 aliphatic rings. The van der Waals surface area contributed by atoms with E-state index in [9.17, 15) is 9.59 Å². The Balaban J connectivity index is 1.85. The molecule has 2 amide bonds. The van der Waals surface area contributed by atoms with E-state index in [-0.39, 0.29) is 24.3 Å². The van der Waals surface area contributed by atoms with E-state index in [1.54, 1.807) is 31.4 Å². The minimum atomic E-state index is -1.07. The number of morpholine rings is 1.